The van der Waals surface area contributed by atoms with Gasteiger partial charge in [0.25, 0.3) is 5.91 Å². The Kier molecular flexibility index (Phi) is 4.59. The van der Waals surface area contributed by atoms with Crippen molar-refractivity contribution in [2.45, 2.75) is 45.3 Å². The summed E-state index contributed by atoms with van der Waals surface area (Å²) in [4.78, 5) is 14.5. The Balaban J connectivity index is 2.18. The predicted octanol–water partition coefficient (Wildman–Crippen LogP) is 2.83. The van der Waals surface area contributed by atoms with E-state index in [0.717, 1.165) is 6.42 Å². The van der Waals surface area contributed by atoms with E-state index in [4.69, 9.17) is 0 Å². The van der Waals surface area contributed by atoms with Gasteiger partial charge in [0.05, 0.1) is 6.61 Å². The lowest BCUT2D eigenvalue weighted by Gasteiger charge is -2.36. The molecule has 1 saturated carbocycles. The second-order valence-electron chi connectivity index (χ2n) is 5.56. The number of hydrogen-bond donors (Lipinski definition) is 1. The largest absolute Gasteiger partial charge is 0.392 e. The van der Waals surface area contributed by atoms with Gasteiger partial charge in [-0.3, -0.25) is 4.79 Å². The van der Waals surface area contributed by atoms with Crippen LogP contribution < -0.4 is 0 Å². The molecule has 0 bridgehead atoms. The molecule has 1 aliphatic rings. The van der Waals surface area contributed by atoms with Crippen LogP contribution in [0.3, 0.4) is 0 Å². The van der Waals surface area contributed by atoms with E-state index in [1.165, 1.54) is 19.3 Å². The number of hydrogen-bond acceptors (Lipinski definition) is 2. The fourth-order valence-corrected chi connectivity index (χ4v) is 3.08. The van der Waals surface area contributed by atoms with Crippen molar-refractivity contribution in [2.24, 2.45) is 5.92 Å². The zero-order valence-corrected chi connectivity index (χ0v) is 11.8. The van der Waals surface area contributed by atoms with Crippen molar-refractivity contribution < 1.29 is 9.90 Å². The van der Waals surface area contributed by atoms with Gasteiger partial charge in [0.15, 0.2) is 0 Å². The lowest BCUT2D eigenvalue weighted by Crippen LogP contribution is -2.42. The number of nitrogens with zero attached hydrogens (tertiary/aromatic N) is 1. The SMILES string of the molecule is CC1CCCCC1N(C)C(=O)c1ccccc1CO. The van der Waals surface area contributed by atoms with E-state index in [2.05, 4.69) is 6.92 Å². The van der Waals surface area contributed by atoms with Crippen LogP contribution in [0.4, 0.5) is 0 Å². The Labute approximate surface area is 115 Å². The lowest BCUT2D eigenvalue weighted by molar-refractivity contribution is 0.0626. The van der Waals surface area contributed by atoms with Crippen molar-refractivity contribution in [3.8, 4) is 0 Å². The summed E-state index contributed by atoms with van der Waals surface area (Å²) in [5.41, 5.74) is 1.34. The number of amides is 1. The molecule has 1 N–H and O–H groups in total. The summed E-state index contributed by atoms with van der Waals surface area (Å²) < 4.78 is 0. The standard InChI is InChI=1S/C16H23NO2/c1-12-7-3-6-10-15(12)17(2)16(19)14-9-5-4-8-13(14)11-18/h4-5,8-9,12,15,18H,3,6-7,10-11H2,1-2H3. The molecule has 2 atom stereocenters. The number of carbonyl (C=O) groups excluding carboxylic acids is 1. The summed E-state index contributed by atoms with van der Waals surface area (Å²) in [6.07, 6.45) is 4.76. The molecule has 1 amide bonds. The highest BCUT2D eigenvalue weighted by Crippen LogP contribution is 2.28. The highest BCUT2D eigenvalue weighted by atomic mass is 16.3. The fourth-order valence-electron chi connectivity index (χ4n) is 3.08. The molecule has 1 aliphatic carbocycles. The van der Waals surface area contributed by atoms with E-state index in [1.807, 2.05) is 30.1 Å². The van der Waals surface area contributed by atoms with Gasteiger partial charge in [-0.2, -0.15) is 0 Å². The van der Waals surface area contributed by atoms with Crippen LogP contribution in [-0.2, 0) is 6.61 Å². The number of aliphatic hydroxyl groups excluding tert-OH is 1. The van der Waals surface area contributed by atoms with Gasteiger partial charge in [0.1, 0.15) is 0 Å². The van der Waals surface area contributed by atoms with Gasteiger partial charge in [0.2, 0.25) is 0 Å². The van der Waals surface area contributed by atoms with E-state index in [1.54, 1.807) is 6.07 Å². The fraction of sp³-hybridized carbons (Fsp3) is 0.562. The number of carbonyl (C=O) groups is 1. The van der Waals surface area contributed by atoms with E-state index in [-0.39, 0.29) is 12.5 Å². The molecule has 2 unspecified atom stereocenters. The Morgan fingerprint density at radius 1 is 1.32 bits per heavy atom. The summed E-state index contributed by atoms with van der Waals surface area (Å²) in [7, 11) is 1.89. The van der Waals surface area contributed by atoms with Gasteiger partial charge < -0.3 is 10.0 Å². The molecule has 0 aliphatic heterocycles. The van der Waals surface area contributed by atoms with Crippen LogP contribution in [0.5, 0.6) is 0 Å². The normalized spacial score (nSPS) is 23.1. The Hall–Kier alpha value is -1.35. The van der Waals surface area contributed by atoms with Crippen molar-refractivity contribution in [2.75, 3.05) is 7.05 Å². The maximum absolute atomic E-state index is 12.6. The zero-order valence-electron chi connectivity index (χ0n) is 11.8. The summed E-state index contributed by atoms with van der Waals surface area (Å²) in [5.74, 6) is 0.590. The highest BCUT2D eigenvalue weighted by molar-refractivity contribution is 5.95. The third kappa shape index (κ3) is 2.98. The first-order valence-corrected chi connectivity index (χ1v) is 7.11. The van der Waals surface area contributed by atoms with Crippen LogP contribution in [0.25, 0.3) is 0 Å². The molecular weight excluding hydrogens is 238 g/mol. The van der Waals surface area contributed by atoms with Gasteiger partial charge in [0, 0.05) is 18.7 Å². The van der Waals surface area contributed by atoms with Crippen LogP contribution >= 0.6 is 0 Å². The van der Waals surface area contributed by atoms with Gasteiger partial charge in [-0.15, -0.1) is 0 Å². The molecule has 0 radical (unpaired) electrons. The van der Waals surface area contributed by atoms with Crippen molar-refractivity contribution in [1.29, 1.82) is 0 Å². The molecule has 19 heavy (non-hydrogen) atoms. The maximum atomic E-state index is 12.6. The quantitative estimate of drug-likeness (QED) is 0.909. The van der Waals surface area contributed by atoms with Gasteiger partial charge in [-0.25, -0.2) is 0 Å². The van der Waals surface area contributed by atoms with Crippen molar-refractivity contribution in [3.05, 3.63) is 35.4 Å². The summed E-state index contributed by atoms with van der Waals surface area (Å²) >= 11 is 0. The van der Waals surface area contributed by atoms with Gasteiger partial charge in [-0.05, 0) is 30.4 Å². The molecule has 2 rings (SSSR count). The molecule has 104 valence electrons. The topological polar surface area (TPSA) is 40.5 Å². The minimum atomic E-state index is -0.0873. The number of aliphatic hydroxyl groups is 1. The van der Waals surface area contributed by atoms with Gasteiger partial charge in [-0.1, -0.05) is 38.0 Å². The predicted molar refractivity (Wildman–Crippen MR) is 75.9 cm³/mol. The lowest BCUT2D eigenvalue weighted by atomic mass is 9.85. The van der Waals surface area contributed by atoms with Crippen molar-refractivity contribution in [3.63, 3.8) is 0 Å². The third-order valence-electron chi connectivity index (χ3n) is 4.30. The van der Waals surface area contributed by atoms with E-state index in [0.29, 0.717) is 23.1 Å². The van der Waals surface area contributed by atoms with Crippen LogP contribution in [0.2, 0.25) is 0 Å². The molecule has 1 aromatic carbocycles. The van der Waals surface area contributed by atoms with Crippen LogP contribution in [0, 0.1) is 5.92 Å². The molecule has 3 nitrogen and oxygen atoms in total. The van der Waals surface area contributed by atoms with E-state index in [9.17, 15) is 9.90 Å². The van der Waals surface area contributed by atoms with Crippen LogP contribution in [-0.4, -0.2) is 29.0 Å². The van der Waals surface area contributed by atoms with E-state index < -0.39 is 0 Å². The second kappa shape index (κ2) is 6.20. The zero-order chi connectivity index (χ0) is 13.8. The van der Waals surface area contributed by atoms with Crippen LogP contribution in [0.1, 0.15) is 48.5 Å². The minimum absolute atomic E-state index is 0.0309. The first-order chi connectivity index (χ1) is 9.15. The molecular formula is C16H23NO2. The van der Waals surface area contributed by atoms with Crippen LogP contribution in [0.15, 0.2) is 24.3 Å². The Morgan fingerprint density at radius 3 is 2.68 bits per heavy atom. The average Bonchev–Trinajstić information content (AvgIpc) is 2.46. The minimum Gasteiger partial charge on any atom is -0.392 e. The highest BCUT2D eigenvalue weighted by Gasteiger charge is 2.28. The summed E-state index contributed by atoms with van der Waals surface area (Å²) in [5, 5.41) is 9.34. The van der Waals surface area contributed by atoms with Crippen molar-refractivity contribution in [1.82, 2.24) is 4.90 Å². The smallest absolute Gasteiger partial charge is 0.254 e. The maximum Gasteiger partial charge on any atom is 0.254 e. The van der Waals surface area contributed by atoms with Crippen molar-refractivity contribution >= 4 is 5.91 Å². The molecule has 0 heterocycles. The van der Waals surface area contributed by atoms with Gasteiger partial charge >= 0.3 is 0 Å². The summed E-state index contributed by atoms with van der Waals surface area (Å²) in [6, 6.07) is 7.65. The molecule has 0 spiro atoms. The Morgan fingerprint density at radius 2 is 2.00 bits per heavy atom. The molecule has 0 saturated heterocycles. The number of rotatable bonds is 3. The molecule has 0 aromatic heterocycles. The number of benzene rings is 1. The first kappa shape index (κ1) is 14.1. The average molecular weight is 261 g/mol. The molecule has 1 aromatic rings. The summed E-state index contributed by atoms with van der Waals surface area (Å²) in [6.45, 7) is 2.14. The molecule has 1 fully saturated rings. The Bertz CT molecular complexity index is 444. The van der Waals surface area contributed by atoms with E-state index >= 15 is 0 Å². The second-order valence-corrected chi connectivity index (χ2v) is 5.56. The monoisotopic (exact) mass is 261 g/mol. The first-order valence-electron chi connectivity index (χ1n) is 7.11. The molecule has 3 heteroatoms. The third-order valence-corrected chi connectivity index (χ3v) is 4.30.